The first-order valence-corrected chi connectivity index (χ1v) is 10.2. The average molecular weight is 417 g/mol. The maximum atomic E-state index is 13.1. The molecule has 158 valence electrons. The van der Waals surface area contributed by atoms with E-state index in [1.165, 1.54) is 6.07 Å². The summed E-state index contributed by atoms with van der Waals surface area (Å²) in [6.07, 6.45) is 1.56. The van der Waals surface area contributed by atoms with Crippen molar-refractivity contribution < 1.29 is 22.7 Å². The second-order valence-electron chi connectivity index (χ2n) is 7.85. The largest absolute Gasteiger partial charge is 0.490 e. The molecular weight excluding hydrogens is 395 g/mol. The molecule has 2 aliphatic heterocycles. The number of dihydropyridines is 1. The van der Waals surface area contributed by atoms with E-state index in [4.69, 9.17) is 10.00 Å². The highest BCUT2D eigenvalue weighted by Gasteiger charge is 2.36. The minimum absolute atomic E-state index is 0.0472. The van der Waals surface area contributed by atoms with E-state index in [1.807, 2.05) is 11.0 Å². The molecule has 3 aliphatic rings. The SMILES string of the molecule is N#Cc1ccc(OC2CCC(N3CCC4=NCCC=C4C3=O)CC2)cc1C(F)(F)F. The summed E-state index contributed by atoms with van der Waals surface area (Å²) in [5, 5.41) is 8.91. The summed E-state index contributed by atoms with van der Waals surface area (Å²) >= 11 is 0. The number of hydrogen-bond donors (Lipinski definition) is 0. The summed E-state index contributed by atoms with van der Waals surface area (Å²) in [6, 6.07) is 5.14. The lowest BCUT2D eigenvalue weighted by molar-refractivity contribution is -0.138. The molecule has 1 aliphatic carbocycles. The molecule has 1 saturated heterocycles. The molecule has 2 heterocycles. The van der Waals surface area contributed by atoms with Crippen LogP contribution in [-0.2, 0) is 11.0 Å². The van der Waals surface area contributed by atoms with Gasteiger partial charge in [-0.3, -0.25) is 9.79 Å². The van der Waals surface area contributed by atoms with E-state index in [9.17, 15) is 18.0 Å². The van der Waals surface area contributed by atoms with Crippen LogP contribution in [0.15, 0.2) is 34.8 Å². The van der Waals surface area contributed by atoms with E-state index in [-0.39, 0.29) is 23.8 Å². The summed E-state index contributed by atoms with van der Waals surface area (Å²) in [4.78, 5) is 19.2. The topological polar surface area (TPSA) is 65.7 Å². The van der Waals surface area contributed by atoms with Crippen LogP contribution in [0.4, 0.5) is 13.2 Å². The van der Waals surface area contributed by atoms with Crippen LogP contribution >= 0.6 is 0 Å². The van der Waals surface area contributed by atoms with Crippen LogP contribution in [0.25, 0.3) is 0 Å². The molecule has 30 heavy (non-hydrogen) atoms. The molecule has 0 radical (unpaired) electrons. The maximum absolute atomic E-state index is 13.1. The van der Waals surface area contributed by atoms with Crippen LogP contribution in [0.3, 0.4) is 0 Å². The average Bonchev–Trinajstić information content (AvgIpc) is 2.74. The van der Waals surface area contributed by atoms with Crippen molar-refractivity contribution in [2.75, 3.05) is 13.1 Å². The molecule has 5 nitrogen and oxygen atoms in total. The first kappa shape index (κ1) is 20.5. The number of alkyl halides is 3. The molecule has 1 aromatic rings. The van der Waals surface area contributed by atoms with Crippen LogP contribution in [0.1, 0.15) is 49.7 Å². The Morgan fingerprint density at radius 2 is 1.97 bits per heavy atom. The smallest absolute Gasteiger partial charge is 0.417 e. The first-order valence-electron chi connectivity index (χ1n) is 10.2. The van der Waals surface area contributed by atoms with Gasteiger partial charge in [0.15, 0.2) is 0 Å². The van der Waals surface area contributed by atoms with Gasteiger partial charge in [0.2, 0.25) is 0 Å². The van der Waals surface area contributed by atoms with Gasteiger partial charge < -0.3 is 9.64 Å². The zero-order valence-electron chi connectivity index (χ0n) is 16.4. The van der Waals surface area contributed by atoms with Gasteiger partial charge in [0.1, 0.15) is 5.75 Å². The van der Waals surface area contributed by atoms with E-state index in [0.29, 0.717) is 19.4 Å². The molecular formula is C22H22F3N3O2. The number of amides is 1. The van der Waals surface area contributed by atoms with Gasteiger partial charge in [-0.1, -0.05) is 6.08 Å². The fourth-order valence-electron chi connectivity index (χ4n) is 4.46. The molecule has 4 rings (SSSR count). The number of nitriles is 1. The van der Waals surface area contributed by atoms with E-state index >= 15 is 0 Å². The lowest BCUT2D eigenvalue weighted by atomic mass is 9.88. The van der Waals surface area contributed by atoms with Crippen LogP contribution in [0.5, 0.6) is 5.75 Å². The summed E-state index contributed by atoms with van der Waals surface area (Å²) in [5.74, 6) is 0.165. The first-order chi connectivity index (χ1) is 14.4. The summed E-state index contributed by atoms with van der Waals surface area (Å²) < 4.78 is 45.2. The second kappa shape index (κ2) is 8.13. The van der Waals surface area contributed by atoms with Crippen molar-refractivity contribution in [3.05, 3.63) is 41.0 Å². The summed E-state index contributed by atoms with van der Waals surface area (Å²) in [5.41, 5.74) is 0.263. The molecule has 0 spiro atoms. The molecule has 0 atom stereocenters. The number of rotatable bonds is 3. The lowest BCUT2D eigenvalue weighted by Crippen LogP contribution is -2.49. The predicted molar refractivity (Wildman–Crippen MR) is 104 cm³/mol. The van der Waals surface area contributed by atoms with Gasteiger partial charge in [-0.25, -0.2) is 0 Å². The van der Waals surface area contributed by atoms with E-state index in [0.717, 1.165) is 55.6 Å². The van der Waals surface area contributed by atoms with E-state index in [2.05, 4.69) is 4.99 Å². The number of aliphatic imine (C=N–C) groups is 1. The molecule has 1 saturated carbocycles. The number of carbonyl (C=O) groups is 1. The van der Waals surface area contributed by atoms with Gasteiger partial charge in [0.05, 0.1) is 28.9 Å². The van der Waals surface area contributed by atoms with Crippen molar-refractivity contribution in [3.63, 3.8) is 0 Å². The van der Waals surface area contributed by atoms with Gasteiger partial charge in [-0.2, -0.15) is 18.4 Å². The van der Waals surface area contributed by atoms with Crippen LogP contribution < -0.4 is 4.74 Å². The van der Waals surface area contributed by atoms with Crippen molar-refractivity contribution in [3.8, 4) is 11.8 Å². The van der Waals surface area contributed by atoms with Crippen molar-refractivity contribution in [1.82, 2.24) is 4.90 Å². The number of benzene rings is 1. The summed E-state index contributed by atoms with van der Waals surface area (Å²) in [6.45, 7) is 1.41. The Labute approximate surface area is 172 Å². The minimum atomic E-state index is -4.60. The second-order valence-corrected chi connectivity index (χ2v) is 7.85. The Bertz CT molecular complexity index is 938. The highest BCUT2D eigenvalue weighted by Crippen LogP contribution is 2.36. The van der Waals surface area contributed by atoms with Gasteiger partial charge in [-0.05, 0) is 50.3 Å². The van der Waals surface area contributed by atoms with Crippen molar-refractivity contribution in [2.24, 2.45) is 4.99 Å². The quantitative estimate of drug-likeness (QED) is 0.738. The zero-order valence-corrected chi connectivity index (χ0v) is 16.4. The molecule has 0 bridgehead atoms. The normalized spacial score (nSPS) is 24.5. The molecule has 0 unspecified atom stereocenters. The zero-order chi connectivity index (χ0) is 21.3. The number of carbonyl (C=O) groups excluding carboxylic acids is 1. The number of halogens is 3. The Hall–Kier alpha value is -2.82. The van der Waals surface area contributed by atoms with Crippen LogP contribution in [0, 0.1) is 11.3 Å². The lowest BCUT2D eigenvalue weighted by Gasteiger charge is -2.40. The van der Waals surface area contributed by atoms with Crippen LogP contribution in [-0.4, -0.2) is 41.8 Å². The molecule has 0 N–H and O–H groups in total. The number of likely N-dealkylation sites (tertiary alicyclic amines) is 1. The number of ether oxygens (including phenoxy) is 1. The Morgan fingerprint density at radius 3 is 2.67 bits per heavy atom. The van der Waals surface area contributed by atoms with Gasteiger partial charge in [-0.15, -0.1) is 0 Å². The maximum Gasteiger partial charge on any atom is 0.417 e. The fourth-order valence-corrected chi connectivity index (χ4v) is 4.46. The van der Waals surface area contributed by atoms with E-state index < -0.39 is 17.3 Å². The third-order valence-corrected chi connectivity index (χ3v) is 5.98. The molecule has 0 aromatic heterocycles. The highest BCUT2D eigenvalue weighted by molar-refractivity contribution is 6.23. The Morgan fingerprint density at radius 1 is 1.20 bits per heavy atom. The third-order valence-electron chi connectivity index (χ3n) is 5.98. The van der Waals surface area contributed by atoms with Gasteiger partial charge >= 0.3 is 6.18 Å². The van der Waals surface area contributed by atoms with E-state index in [1.54, 1.807) is 6.07 Å². The highest BCUT2D eigenvalue weighted by atomic mass is 19.4. The predicted octanol–water partition coefficient (Wildman–Crippen LogP) is 4.27. The monoisotopic (exact) mass is 417 g/mol. The number of nitrogens with zero attached hydrogens (tertiary/aromatic N) is 3. The molecule has 8 heteroatoms. The molecule has 2 fully saturated rings. The Kier molecular flexibility index (Phi) is 5.54. The number of piperidine rings is 1. The molecule has 1 aromatic carbocycles. The van der Waals surface area contributed by atoms with Gasteiger partial charge in [0, 0.05) is 31.3 Å². The standard InChI is InChI=1S/C22H22F3N3O2/c23-22(24,25)19-12-17(6-3-14(19)13-26)30-16-7-4-15(5-8-16)28-11-9-20-18(21(28)29)2-1-10-27-20/h2-3,6,12,15-16H,1,4-5,7-11H2. The fraction of sp³-hybridized carbons (Fsp3) is 0.500. The Balaban J connectivity index is 1.38. The van der Waals surface area contributed by atoms with Crippen molar-refractivity contribution in [2.45, 2.75) is 56.8 Å². The minimum Gasteiger partial charge on any atom is -0.490 e. The number of hydrogen-bond acceptors (Lipinski definition) is 4. The number of fused-ring (bicyclic) bond motifs is 1. The van der Waals surface area contributed by atoms with Crippen LogP contribution in [0.2, 0.25) is 0 Å². The van der Waals surface area contributed by atoms with Crippen molar-refractivity contribution >= 4 is 11.6 Å². The third kappa shape index (κ3) is 4.07. The summed E-state index contributed by atoms with van der Waals surface area (Å²) in [7, 11) is 0. The van der Waals surface area contributed by atoms with Gasteiger partial charge in [0.25, 0.3) is 5.91 Å². The molecule has 1 amide bonds. The van der Waals surface area contributed by atoms with Crippen molar-refractivity contribution in [1.29, 1.82) is 5.26 Å².